The predicted octanol–water partition coefficient (Wildman–Crippen LogP) is 2.57. The van der Waals surface area contributed by atoms with Crippen molar-refractivity contribution in [1.82, 2.24) is 15.1 Å². The molecule has 5 nitrogen and oxygen atoms in total. The normalized spacial score (nSPS) is 33.5. The monoisotopic (exact) mass is 357 g/mol. The Morgan fingerprint density at radius 3 is 3.04 bits per heavy atom. The predicted molar refractivity (Wildman–Crippen MR) is 102 cm³/mol. The molecule has 5 heteroatoms. The molecular formula is C21H31N3O2. The molecule has 0 aromatic rings. The van der Waals surface area contributed by atoms with Crippen LogP contribution in [0.2, 0.25) is 0 Å². The fourth-order valence-electron chi connectivity index (χ4n) is 5.49. The van der Waals surface area contributed by atoms with Crippen LogP contribution in [0.15, 0.2) is 35.2 Å². The second-order valence-electron chi connectivity index (χ2n) is 7.96. The molecule has 1 unspecified atom stereocenters. The van der Waals surface area contributed by atoms with Crippen LogP contribution in [-0.2, 0) is 9.53 Å². The van der Waals surface area contributed by atoms with Gasteiger partial charge in [-0.3, -0.25) is 9.69 Å². The first-order valence-corrected chi connectivity index (χ1v) is 10.1. The van der Waals surface area contributed by atoms with E-state index >= 15 is 0 Å². The highest BCUT2D eigenvalue weighted by Crippen LogP contribution is 2.50. The second-order valence-corrected chi connectivity index (χ2v) is 7.96. The van der Waals surface area contributed by atoms with E-state index in [0.717, 1.165) is 32.4 Å². The molecule has 1 fully saturated rings. The van der Waals surface area contributed by atoms with E-state index in [2.05, 4.69) is 47.3 Å². The van der Waals surface area contributed by atoms with Gasteiger partial charge in [0.2, 0.25) is 0 Å². The number of carbonyl (C=O) groups is 1. The molecular weight excluding hydrogens is 326 g/mol. The average Bonchev–Trinajstić information content (AvgIpc) is 2.97. The van der Waals surface area contributed by atoms with Gasteiger partial charge in [0.1, 0.15) is 0 Å². The lowest BCUT2D eigenvalue weighted by atomic mass is 9.73. The number of allylic oxidation sites excluding steroid dienone is 2. The van der Waals surface area contributed by atoms with Gasteiger partial charge in [0.15, 0.2) is 0 Å². The van der Waals surface area contributed by atoms with Crippen molar-refractivity contribution in [2.45, 2.75) is 64.1 Å². The van der Waals surface area contributed by atoms with Crippen LogP contribution in [0.3, 0.4) is 0 Å². The number of esters is 1. The Morgan fingerprint density at radius 2 is 2.27 bits per heavy atom. The topological polar surface area (TPSA) is 44.8 Å². The summed E-state index contributed by atoms with van der Waals surface area (Å²) in [5.41, 5.74) is 4.43. The van der Waals surface area contributed by atoms with Crippen LogP contribution in [0.1, 0.15) is 46.5 Å². The lowest BCUT2D eigenvalue weighted by Crippen LogP contribution is -2.72. The number of hydrogen-bond acceptors (Lipinski definition) is 5. The molecule has 3 atom stereocenters. The summed E-state index contributed by atoms with van der Waals surface area (Å²) in [5, 5.41) is 3.83. The van der Waals surface area contributed by atoms with Crippen LogP contribution in [0, 0.1) is 0 Å². The summed E-state index contributed by atoms with van der Waals surface area (Å²) < 4.78 is 5.23. The zero-order valence-electron chi connectivity index (χ0n) is 16.3. The van der Waals surface area contributed by atoms with Crippen molar-refractivity contribution < 1.29 is 9.53 Å². The largest absolute Gasteiger partial charge is 0.465 e. The molecule has 4 rings (SSSR count). The number of carbonyl (C=O) groups excluding carboxylic acids is 1. The van der Waals surface area contributed by atoms with Gasteiger partial charge in [-0.25, -0.2) is 0 Å². The molecule has 1 N–H and O–H groups in total. The summed E-state index contributed by atoms with van der Waals surface area (Å²) in [5.74, 6) is -0.110. The van der Waals surface area contributed by atoms with E-state index in [1.54, 1.807) is 5.57 Å². The Balaban J connectivity index is 1.67. The van der Waals surface area contributed by atoms with Gasteiger partial charge in [-0.15, -0.1) is 0 Å². The number of fused-ring (bicyclic) bond motifs is 4. The molecule has 0 amide bonds. The zero-order valence-corrected chi connectivity index (χ0v) is 16.3. The van der Waals surface area contributed by atoms with Crippen LogP contribution in [0.25, 0.3) is 0 Å². The van der Waals surface area contributed by atoms with Crippen LogP contribution in [-0.4, -0.2) is 59.6 Å². The summed E-state index contributed by atoms with van der Waals surface area (Å²) in [4.78, 5) is 17.0. The van der Waals surface area contributed by atoms with E-state index < -0.39 is 0 Å². The number of hydrogen-bond donors (Lipinski definition) is 1. The molecule has 0 aromatic carbocycles. The third-order valence-electron chi connectivity index (χ3n) is 6.61. The summed E-state index contributed by atoms with van der Waals surface area (Å²) in [6, 6.07) is 0.592. The van der Waals surface area contributed by atoms with E-state index in [4.69, 9.17) is 4.74 Å². The molecule has 0 aromatic heterocycles. The van der Waals surface area contributed by atoms with Crippen LogP contribution in [0.4, 0.5) is 0 Å². The molecule has 0 spiro atoms. The van der Waals surface area contributed by atoms with Gasteiger partial charge in [0.05, 0.1) is 30.8 Å². The van der Waals surface area contributed by atoms with Crippen molar-refractivity contribution in [2.24, 2.45) is 0 Å². The van der Waals surface area contributed by atoms with Gasteiger partial charge in [-0.2, -0.15) is 0 Å². The fourth-order valence-corrected chi connectivity index (χ4v) is 5.49. The Bertz CT molecular complexity index is 681. The van der Waals surface area contributed by atoms with Gasteiger partial charge in [0, 0.05) is 25.0 Å². The van der Waals surface area contributed by atoms with Gasteiger partial charge >= 0.3 is 5.97 Å². The smallest absolute Gasteiger partial charge is 0.320 e. The lowest BCUT2D eigenvalue weighted by molar-refractivity contribution is -0.145. The number of rotatable bonds is 4. The molecule has 4 aliphatic rings. The molecule has 0 bridgehead atoms. The minimum absolute atomic E-state index is 0.0802. The van der Waals surface area contributed by atoms with Crippen LogP contribution >= 0.6 is 0 Å². The first-order valence-electron chi connectivity index (χ1n) is 10.1. The quantitative estimate of drug-likeness (QED) is 0.784. The number of nitrogens with one attached hydrogen (secondary N) is 1. The maximum absolute atomic E-state index is 12.1. The first kappa shape index (κ1) is 17.8. The first-order chi connectivity index (χ1) is 12.6. The van der Waals surface area contributed by atoms with Crippen molar-refractivity contribution in [3.63, 3.8) is 0 Å². The second kappa shape index (κ2) is 6.86. The van der Waals surface area contributed by atoms with Crippen molar-refractivity contribution in [2.75, 3.05) is 26.2 Å². The molecule has 26 heavy (non-hydrogen) atoms. The van der Waals surface area contributed by atoms with Gasteiger partial charge in [-0.1, -0.05) is 13.0 Å². The molecule has 1 aliphatic carbocycles. The summed E-state index contributed by atoms with van der Waals surface area (Å²) >= 11 is 0. The molecule has 1 saturated heterocycles. The molecule has 3 aliphatic heterocycles. The third kappa shape index (κ3) is 2.64. The molecule has 0 radical (unpaired) electrons. The third-order valence-corrected chi connectivity index (χ3v) is 6.61. The maximum atomic E-state index is 12.1. The van der Waals surface area contributed by atoms with E-state index in [9.17, 15) is 4.79 Å². The van der Waals surface area contributed by atoms with Gasteiger partial charge in [0.25, 0.3) is 0 Å². The standard InChI is InChI=1S/C21H31N3O2/c1-4-21-12-16-8-6-7-9-17(16)24(21)13-15(3)19-20(21)22-10-11-23(19)14-18(25)26-5-2/h7,9,13,19-20,22H,4-6,8,10-12,14H2,1-3H3/t19?,20-,21+/m1/s1. The van der Waals surface area contributed by atoms with E-state index in [1.165, 1.54) is 17.7 Å². The fraction of sp³-hybridized carbons (Fsp3) is 0.667. The van der Waals surface area contributed by atoms with Crippen molar-refractivity contribution in [3.05, 3.63) is 35.2 Å². The Labute approximate surface area is 156 Å². The maximum Gasteiger partial charge on any atom is 0.320 e. The van der Waals surface area contributed by atoms with E-state index in [-0.39, 0.29) is 17.6 Å². The Hall–Kier alpha value is -1.59. The highest BCUT2D eigenvalue weighted by molar-refractivity contribution is 5.71. The average molecular weight is 357 g/mol. The molecule has 0 saturated carbocycles. The van der Waals surface area contributed by atoms with E-state index in [1.807, 2.05) is 6.92 Å². The van der Waals surface area contributed by atoms with Gasteiger partial charge in [-0.05, 0) is 56.8 Å². The number of piperazine rings is 1. The summed E-state index contributed by atoms with van der Waals surface area (Å²) in [7, 11) is 0. The number of ether oxygens (including phenoxy) is 1. The number of nitrogens with zero attached hydrogens (tertiary/aromatic N) is 2. The van der Waals surface area contributed by atoms with E-state index in [0.29, 0.717) is 19.2 Å². The minimum Gasteiger partial charge on any atom is -0.465 e. The summed E-state index contributed by atoms with van der Waals surface area (Å²) in [6.07, 6.45) is 11.6. The van der Waals surface area contributed by atoms with Crippen LogP contribution in [0.5, 0.6) is 0 Å². The minimum atomic E-state index is -0.110. The highest BCUT2D eigenvalue weighted by atomic mass is 16.5. The highest BCUT2D eigenvalue weighted by Gasteiger charge is 2.55. The summed E-state index contributed by atoms with van der Waals surface area (Å²) in [6.45, 7) is 9.04. The molecule has 142 valence electrons. The SMILES string of the molecule is CCOC(=O)CN1CCN[C@@H]2C1C(C)=CN1C3=C(CCC=C3)C[C@@]21CC. The lowest BCUT2D eigenvalue weighted by Gasteiger charge is -2.56. The zero-order chi connectivity index (χ0) is 18.3. The van der Waals surface area contributed by atoms with Crippen molar-refractivity contribution in [3.8, 4) is 0 Å². The van der Waals surface area contributed by atoms with Crippen molar-refractivity contribution >= 4 is 5.97 Å². The van der Waals surface area contributed by atoms with Gasteiger partial charge < -0.3 is 15.0 Å². The van der Waals surface area contributed by atoms with Crippen molar-refractivity contribution in [1.29, 1.82) is 0 Å². The Kier molecular flexibility index (Phi) is 4.70. The Morgan fingerprint density at radius 1 is 1.42 bits per heavy atom. The van der Waals surface area contributed by atoms with Crippen LogP contribution < -0.4 is 5.32 Å². The molecule has 3 heterocycles.